The average molecular weight is 371 g/mol. The number of hydrogen-bond donors (Lipinski definition) is 1. The summed E-state index contributed by atoms with van der Waals surface area (Å²) in [5.74, 6) is -1.34. The second-order valence-electron chi connectivity index (χ2n) is 6.86. The Morgan fingerprint density at radius 2 is 1.80 bits per heavy atom. The molecule has 0 atom stereocenters. The predicted octanol–water partition coefficient (Wildman–Crippen LogP) is 3.60. The maximum atomic E-state index is 13.7. The Labute approximate surface area is 151 Å². The van der Waals surface area contributed by atoms with E-state index < -0.39 is 17.2 Å². The van der Waals surface area contributed by atoms with Gasteiger partial charge in [-0.15, -0.1) is 0 Å². The molecule has 1 aromatic rings. The smallest absolute Gasteiger partial charge is 0.410 e. The molecule has 0 aliphatic carbocycles. The zero-order valence-corrected chi connectivity index (χ0v) is 15.5. The second-order valence-corrected chi connectivity index (χ2v) is 7.25. The molecule has 1 N–H and O–H groups in total. The molecule has 1 saturated heterocycles. The van der Waals surface area contributed by atoms with Crippen LogP contribution >= 0.6 is 12.2 Å². The van der Waals surface area contributed by atoms with E-state index in [1.54, 1.807) is 4.90 Å². The summed E-state index contributed by atoms with van der Waals surface area (Å²) in [6.07, 6.45) is 0.366. The van der Waals surface area contributed by atoms with Gasteiger partial charge in [-0.05, 0) is 51.5 Å². The average Bonchev–Trinajstić information content (AvgIpc) is 2.74. The normalized spacial score (nSPS) is 15.6. The van der Waals surface area contributed by atoms with Crippen molar-refractivity contribution >= 4 is 29.1 Å². The van der Waals surface area contributed by atoms with Gasteiger partial charge in [0.05, 0.1) is 5.69 Å². The highest BCUT2D eigenvalue weighted by Gasteiger charge is 2.25. The monoisotopic (exact) mass is 371 g/mol. The zero-order valence-electron chi connectivity index (χ0n) is 14.6. The van der Waals surface area contributed by atoms with Crippen molar-refractivity contribution in [3.8, 4) is 0 Å². The van der Waals surface area contributed by atoms with Crippen LogP contribution in [0, 0.1) is 11.6 Å². The molecular weight excluding hydrogens is 348 g/mol. The van der Waals surface area contributed by atoms with Crippen LogP contribution in [0.2, 0.25) is 0 Å². The number of nitrogens with zero attached hydrogens (tertiary/aromatic N) is 2. The number of carbonyl (C=O) groups excluding carboxylic acids is 1. The van der Waals surface area contributed by atoms with E-state index >= 15 is 0 Å². The topological polar surface area (TPSA) is 44.8 Å². The zero-order chi connectivity index (χ0) is 18.6. The Hall–Kier alpha value is -1.96. The number of rotatable bonds is 1. The Morgan fingerprint density at radius 1 is 1.16 bits per heavy atom. The third kappa shape index (κ3) is 5.81. The summed E-state index contributed by atoms with van der Waals surface area (Å²) in [5, 5.41) is 3.14. The molecule has 1 heterocycles. The minimum Gasteiger partial charge on any atom is -0.444 e. The van der Waals surface area contributed by atoms with Crippen molar-refractivity contribution in [1.29, 1.82) is 0 Å². The van der Waals surface area contributed by atoms with Gasteiger partial charge in [-0.3, -0.25) is 0 Å². The highest BCUT2D eigenvalue weighted by atomic mass is 32.1. The van der Waals surface area contributed by atoms with Crippen molar-refractivity contribution in [1.82, 2.24) is 9.80 Å². The predicted molar refractivity (Wildman–Crippen MR) is 96.6 cm³/mol. The van der Waals surface area contributed by atoms with E-state index in [0.29, 0.717) is 37.7 Å². The summed E-state index contributed by atoms with van der Waals surface area (Å²) in [7, 11) is 0. The summed E-state index contributed by atoms with van der Waals surface area (Å²) in [4.78, 5) is 15.7. The van der Waals surface area contributed by atoms with E-state index in [2.05, 4.69) is 5.32 Å². The largest absolute Gasteiger partial charge is 0.444 e. The van der Waals surface area contributed by atoms with Gasteiger partial charge in [0.25, 0.3) is 0 Å². The quantitative estimate of drug-likeness (QED) is 0.764. The molecule has 0 radical (unpaired) electrons. The summed E-state index contributed by atoms with van der Waals surface area (Å²) in [6.45, 7) is 7.64. The fraction of sp³-hybridized carbons (Fsp3) is 0.529. The molecule has 25 heavy (non-hydrogen) atoms. The molecule has 2 rings (SSSR count). The molecule has 8 heteroatoms. The van der Waals surface area contributed by atoms with Gasteiger partial charge in [-0.25, -0.2) is 13.6 Å². The van der Waals surface area contributed by atoms with E-state index in [4.69, 9.17) is 17.0 Å². The number of hydrogen-bond acceptors (Lipinski definition) is 3. The molecule has 138 valence electrons. The number of halogens is 2. The molecule has 1 aliphatic rings. The molecule has 0 bridgehead atoms. The molecule has 0 unspecified atom stereocenters. The lowest BCUT2D eigenvalue weighted by Gasteiger charge is -2.27. The van der Waals surface area contributed by atoms with Gasteiger partial charge in [0.15, 0.2) is 5.11 Å². The number of anilines is 1. The standard InChI is InChI=1S/C17H23F2N3O2S/c1-17(2,3)24-16(23)22-8-4-7-21(9-10-22)15(25)20-14-6-5-12(18)11-13(14)19/h5-6,11H,4,7-10H2,1-3H3,(H,20,25). The van der Waals surface area contributed by atoms with E-state index in [0.717, 1.165) is 6.07 Å². The fourth-order valence-corrected chi connectivity index (χ4v) is 2.71. The Kier molecular flexibility index (Phi) is 6.16. The van der Waals surface area contributed by atoms with Gasteiger partial charge in [0.2, 0.25) is 0 Å². The van der Waals surface area contributed by atoms with Crippen LogP contribution in [0.3, 0.4) is 0 Å². The van der Waals surface area contributed by atoms with E-state index in [9.17, 15) is 13.6 Å². The number of carbonyl (C=O) groups is 1. The number of thiocarbonyl (C=S) groups is 1. The van der Waals surface area contributed by atoms with Crippen molar-refractivity contribution in [3.63, 3.8) is 0 Å². The maximum absolute atomic E-state index is 13.7. The summed E-state index contributed by atoms with van der Waals surface area (Å²) in [6, 6.07) is 3.28. The first-order valence-electron chi connectivity index (χ1n) is 8.14. The second kappa shape index (κ2) is 7.95. The van der Waals surface area contributed by atoms with Crippen LogP contribution in [0.1, 0.15) is 27.2 Å². The lowest BCUT2D eigenvalue weighted by atomic mass is 10.2. The summed E-state index contributed by atoms with van der Waals surface area (Å²) in [5.41, 5.74) is -0.417. The van der Waals surface area contributed by atoms with Crippen LogP contribution in [-0.4, -0.2) is 52.8 Å². The van der Waals surface area contributed by atoms with Gasteiger partial charge in [0.1, 0.15) is 17.2 Å². The number of benzene rings is 1. The van der Waals surface area contributed by atoms with Crippen LogP contribution < -0.4 is 5.32 Å². The van der Waals surface area contributed by atoms with Gasteiger partial charge in [0, 0.05) is 32.2 Å². The molecule has 1 amide bonds. The lowest BCUT2D eigenvalue weighted by molar-refractivity contribution is 0.0260. The first kappa shape index (κ1) is 19.4. The van der Waals surface area contributed by atoms with Crippen molar-refractivity contribution in [2.24, 2.45) is 0 Å². The molecule has 0 aromatic heterocycles. The maximum Gasteiger partial charge on any atom is 0.410 e. The van der Waals surface area contributed by atoms with Crippen LogP contribution in [0.5, 0.6) is 0 Å². The van der Waals surface area contributed by atoms with Crippen LogP contribution in [-0.2, 0) is 4.74 Å². The van der Waals surface area contributed by atoms with Gasteiger partial charge >= 0.3 is 6.09 Å². The van der Waals surface area contributed by atoms with Crippen molar-refractivity contribution in [2.75, 3.05) is 31.5 Å². The Balaban J connectivity index is 1.93. The lowest BCUT2D eigenvalue weighted by Crippen LogP contribution is -2.41. The van der Waals surface area contributed by atoms with Gasteiger partial charge in [-0.2, -0.15) is 0 Å². The first-order chi connectivity index (χ1) is 11.7. The molecule has 1 aliphatic heterocycles. The van der Waals surface area contributed by atoms with Crippen molar-refractivity contribution < 1.29 is 18.3 Å². The highest BCUT2D eigenvalue weighted by molar-refractivity contribution is 7.80. The third-order valence-electron chi connectivity index (χ3n) is 3.61. The number of ether oxygens (including phenoxy) is 1. The fourth-order valence-electron chi connectivity index (χ4n) is 2.41. The Bertz CT molecular complexity index is 649. The molecular formula is C17H23F2N3O2S. The SMILES string of the molecule is CC(C)(C)OC(=O)N1CCCN(C(=S)Nc2ccc(F)cc2F)CC1. The van der Waals surface area contributed by atoms with Crippen molar-refractivity contribution in [3.05, 3.63) is 29.8 Å². The molecule has 5 nitrogen and oxygen atoms in total. The minimum absolute atomic E-state index is 0.125. The van der Waals surface area contributed by atoms with E-state index in [1.165, 1.54) is 12.1 Å². The molecule has 0 saturated carbocycles. The first-order valence-corrected chi connectivity index (χ1v) is 8.55. The molecule has 0 spiro atoms. The summed E-state index contributed by atoms with van der Waals surface area (Å²) >= 11 is 5.32. The van der Waals surface area contributed by atoms with E-state index in [1.807, 2.05) is 25.7 Å². The van der Waals surface area contributed by atoms with Gasteiger partial charge in [-0.1, -0.05) is 0 Å². The number of nitrogens with one attached hydrogen (secondary N) is 1. The van der Waals surface area contributed by atoms with Gasteiger partial charge < -0.3 is 19.9 Å². The number of amides is 1. The van der Waals surface area contributed by atoms with Crippen molar-refractivity contribution in [2.45, 2.75) is 32.8 Å². The van der Waals surface area contributed by atoms with Crippen LogP contribution in [0.25, 0.3) is 0 Å². The highest BCUT2D eigenvalue weighted by Crippen LogP contribution is 2.17. The Morgan fingerprint density at radius 3 is 2.44 bits per heavy atom. The van der Waals surface area contributed by atoms with Crippen LogP contribution in [0.15, 0.2) is 18.2 Å². The summed E-state index contributed by atoms with van der Waals surface area (Å²) < 4.78 is 32.1. The van der Waals surface area contributed by atoms with E-state index in [-0.39, 0.29) is 11.8 Å². The third-order valence-corrected chi connectivity index (χ3v) is 3.97. The van der Waals surface area contributed by atoms with Crippen LogP contribution in [0.4, 0.5) is 19.3 Å². The molecule has 1 aromatic carbocycles. The molecule has 1 fully saturated rings. The minimum atomic E-state index is -0.701.